The second kappa shape index (κ2) is 7.93. The highest BCUT2D eigenvalue weighted by atomic mass is 19.1. The Morgan fingerprint density at radius 2 is 2.00 bits per heavy atom. The first-order chi connectivity index (χ1) is 8.27. The van der Waals surface area contributed by atoms with Crippen LogP contribution >= 0.6 is 0 Å². The molecule has 0 aliphatic heterocycles. The Labute approximate surface area is 103 Å². The maximum absolute atomic E-state index is 13.1. The van der Waals surface area contributed by atoms with Crippen LogP contribution in [0.4, 0.5) is 10.1 Å². The predicted octanol–water partition coefficient (Wildman–Crippen LogP) is 4.22. The van der Waals surface area contributed by atoms with Crippen LogP contribution in [-0.4, -0.2) is 13.2 Å². The van der Waals surface area contributed by atoms with Crippen LogP contribution in [0, 0.1) is 5.82 Å². The molecule has 0 heterocycles. The molecular formula is C14H22FNO. The molecule has 0 spiro atoms. The highest BCUT2D eigenvalue weighted by Crippen LogP contribution is 2.25. The van der Waals surface area contributed by atoms with Crippen molar-refractivity contribution in [1.29, 1.82) is 0 Å². The summed E-state index contributed by atoms with van der Waals surface area (Å²) in [7, 11) is 0. The molecule has 0 bridgehead atoms. The van der Waals surface area contributed by atoms with E-state index < -0.39 is 0 Å². The Hall–Kier alpha value is -1.25. The number of nitrogens with one attached hydrogen (secondary N) is 1. The SMILES string of the molecule is CCCCCCNc1ccc(F)cc1OCC. The normalized spacial score (nSPS) is 10.3. The maximum Gasteiger partial charge on any atom is 0.145 e. The van der Waals surface area contributed by atoms with Crippen LogP contribution in [-0.2, 0) is 0 Å². The molecule has 0 aliphatic rings. The van der Waals surface area contributed by atoms with E-state index in [9.17, 15) is 4.39 Å². The van der Waals surface area contributed by atoms with E-state index in [-0.39, 0.29) is 5.82 Å². The third-order valence-corrected chi connectivity index (χ3v) is 2.59. The molecule has 0 atom stereocenters. The average molecular weight is 239 g/mol. The number of anilines is 1. The maximum atomic E-state index is 13.1. The third-order valence-electron chi connectivity index (χ3n) is 2.59. The Balaban J connectivity index is 2.45. The van der Waals surface area contributed by atoms with Crippen LogP contribution in [0.5, 0.6) is 5.75 Å². The first-order valence-electron chi connectivity index (χ1n) is 6.44. The van der Waals surface area contributed by atoms with Crippen LogP contribution in [0.1, 0.15) is 39.5 Å². The van der Waals surface area contributed by atoms with E-state index >= 15 is 0 Å². The van der Waals surface area contributed by atoms with Gasteiger partial charge in [-0.1, -0.05) is 26.2 Å². The second-order valence-electron chi connectivity index (χ2n) is 4.06. The van der Waals surface area contributed by atoms with Crippen LogP contribution in [0.25, 0.3) is 0 Å². The van der Waals surface area contributed by atoms with Gasteiger partial charge in [0.25, 0.3) is 0 Å². The van der Waals surface area contributed by atoms with Crippen molar-refractivity contribution in [3.05, 3.63) is 24.0 Å². The summed E-state index contributed by atoms with van der Waals surface area (Å²) in [6.07, 6.45) is 4.87. The minimum atomic E-state index is -0.259. The van der Waals surface area contributed by atoms with Crippen molar-refractivity contribution >= 4 is 5.69 Å². The summed E-state index contributed by atoms with van der Waals surface area (Å²) < 4.78 is 18.4. The van der Waals surface area contributed by atoms with Crippen molar-refractivity contribution in [2.24, 2.45) is 0 Å². The van der Waals surface area contributed by atoms with Crippen molar-refractivity contribution in [3.8, 4) is 5.75 Å². The Kier molecular flexibility index (Phi) is 6.45. The van der Waals surface area contributed by atoms with Crippen molar-refractivity contribution in [1.82, 2.24) is 0 Å². The van der Waals surface area contributed by atoms with Gasteiger partial charge in [-0.05, 0) is 25.5 Å². The van der Waals surface area contributed by atoms with E-state index in [1.807, 2.05) is 6.92 Å². The smallest absolute Gasteiger partial charge is 0.145 e. The predicted molar refractivity (Wildman–Crippen MR) is 70.2 cm³/mol. The number of halogens is 1. The molecule has 0 saturated heterocycles. The van der Waals surface area contributed by atoms with Crippen molar-refractivity contribution in [2.45, 2.75) is 39.5 Å². The Morgan fingerprint density at radius 3 is 2.71 bits per heavy atom. The molecule has 0 aliphatic carbocycles. The minimum Gasteiger partial charge on any atom is -0.492 e. The number of benzene rings is 1. The molecular weight excluding hydrogens is 217 g/mol. The second-order valence-corrected chi connectivity index (χ2v) is 4.06. The highest BCUT2D eigenvalue weighted by molar-refractivity contribution is 5.56. The molecule has 1 rings (SSSR count). The highest BCUT2D eigenvalue weighted by Gasteiger charge is 2.04. The van der Waals surface area contributed by atoms with Gasteiger partial charge in [0, 0.05) is 12.6 Å². The van der Waals surface area contributed by atoms with Gasteiger partial charge in [-0.25, -0.2) is 4.39 Å². The van der Waals surface area contributed by atoms with Gasteiger partial charge >= 0.3 is 0 Å². The van der Waals surface area contributed by atoms with Crippen LogP contribution in [0.2, 0.25) is 0 Å². The number of hydrogen-bond acceptors (Lipinski definition) is 2. The van der Waals surface area contributed by atoms with Gasteiger partial charge in [0.05, 0.1) is 12.3 Å². The molecule has 0 saturated carbocycles. The van der Waals surface area contributed by atoms with Crippen molar-refractivity contribution in [2.75, 3.05) is 18.5 Å². The van der Waals surface area contributed by atoms with Gasteiger partial charge < -0.3 is 10.1 Å². The van der Waals surface area contributed by atoms with Gasteiger partial charge in [0.2, 0.25) is 0 Å². The third kappa shape index (κ3) is 5.07. The van der Waals surface area contributed by atoms with E-state index in [1.54, 1.807) is 6.07 Å². The number of ether oxygens (including phenoxy) is 1. The molecule has 0 fully saturated rings. The van der Waals surface area contributed by atoms with Gasteiger partial charge in [-0.2, -0.15) is 0 Å². The van der Waals surface area contributed by atoms with Gasteiger partial charge in [-0.15, -0.1) is 0 Å². The lowest BCUT2D eigenvalue weighted by molar-refractivity contribution is 0.339. The van der Waals surface area contributed by atoms with E-state index in [4.69, 9.17) is 4.74 Å². The molecule has 0 amide bonds. The van der Waals surface area contributed by atoms with Gasteiger partial charge in [0.15, 0.2) is 0 Å². The summed E-state index contributed by atoms with van der Waals surface area (Å²) in [5.41, 5.74) is 0.879. The Morgan fingerprint density at radius 1 is 1.18 bits per heavy atom. The molecule has 1 aromatic rings. The molecule has 1 aromatic carbocycles. The molecule has 0 radical (unpaired) electrons. The summed E-state index contributed by atoms with van der Waals surface area (Å²) in [5, 5.41) is 3.29. The van der Waals surface area contributed by atoms with Gasteiger partial charge in [-0.3, -0.25) is 0 Å². The minimum absolute atomic E-state index is 0.259. The number of unbranched alkanes of at least 4 members (excludes halogenated alkanes) is 3. The van der Waals surface area contributed by atoms with Crippen LogP contribution in [0.3, 0.4) is 0 Å². The monoisotopic (exact) mass is 239 g/mol. The van der Waals surface area contributed by atoms with Crippen molar-refractivity contribution in [3.63, 3.8) is 0 Å². The summed E-state index contributed by atoms with van der Waals surface area (Å²) in [4.78, 5) is 0. The summed E-state index contributed by atoms with van der Waals surface area (Å²) in [6, 6.07) is 4.62. The summed E-state index contributed by atoms with van der Waals surface area (Å²) in [6.45, 7) is 5.55. The molecule has 2 nitrogen and oxygen atoms in total. The molecule has 17 heavy (non-hydrogen) atoms. The quantitative estimate of drug-likeness (QED) is 0.686. The molecule has 0 aromatic heterocycles. The topological polar surface area (TPSA) is 21.3 Å². The van der Waals surface area contributed by atoms with E-state index in [2.05, 4.69) is 12.2 Å². The average Bonchev–Trinajstić information content (AvgIpc) is 2.32. The fraction of sp³-hybridized carbons (Fsp3) is 0.571. The summed E-state index contributed by atoms with van der Waals surface area (Å²) >= 11 is 0. The molecule has 3 heteroatoms. The summed E-state index contributed by atoms with van der Waals surface area (Å²) in [5.74, 6) is 0.341. The first-order valence-corrected chi connectivity index (χ1v) is 6.44. The number of rotatable bonds is 8. The Bertz CT molecular complexity index is 328. The molecule has 0 unspecified atom stereocenters. The lowest BCUT2D eigenvalue weighted by Gasteiger charge is -2.12. The fourth-order valence-electron chi connectivity index (χ4n) is 1.69. The lowest BCUT2D eigenvalue weighted by atomic mass is 10.2. The van der Waals surface area contributed by atoms with Crippen LogP contribution in [0.15, 0.2) is 18.2 Å². The zero-order valence-corrected chi connectivity index (χ0v) is 10.8. The lowest BCUT2D eigenvalue weighted by Crippen LogP contribution is -2.04. The van der Waals surface area contributed by atoms with E-state index in [0.29, 0.717) is 12.4 Å². The van der Waals surface area contributed by atoms with Gasteiger partial charge in [0.1, 0.15) is 11.6 Å². The molecule has 1 N–H and O–H groups in total. The van der Waals surface area contributed by atoms with Crippen molar-refractivity contribution < 1.29 is 9.13 Å². The largest absolute Gasteiger partial charge is 0.492 e. The zero-order chi connectivity index (χ0) is 12.5. The van der Waals surface area contributed by atoms with Crippen LogP contribution < -0.4 is 10.1 Å². The number of hydrogen-bond donors (Lipinski definition) is 1. The van der Waals surface area contributed by atoms with E-state index in [1.165, 1.54) is 31.4 Å². The standard InChI is InChI=1S/C14H22FNO/c1-3-5-6-7-10-16-13-9-8-12(15)11-14(13)17-4-2/h8-9,11,16H,3-7,10H2,1-2H3. The van der Waals surface area contributed by atoms with E-state index in [0.717, 1.165) is 18.7 Å². The molecule has 96 valence electrons. The zero-order valence-electron chi connectivity index (χ0n) is 10.8. The first kappa shape index (κ1) is 13.8. The fourth-order valence-corrected chi connectivity index (χ4v) is 1.69.